The van der Waals surface area contributed by atoms with E-state index in [-0.39, 0.29) is 18.2 Å². The number of hydrogen-bond acceptors (Lipinski definition) is 2. The SMILES string of the molecule is OC[C@H]1CCC[C@@H](n2ccnc2-c2ccc(CC(F)(F)F)cc2)C1. The molecule has 1 saturated carbocycles. The normalized spacial score (nSPS) is 21.8. The highest BCUT2D eigenvalue weighted by Gasteiger charge is 2.28. The summed E-state index contributed by atoms with van der Waals surface area (Å²) in [6.45, 7) is 0.201. The Balaban J connectivity index is 1.80. The molecule has 0 aliphatic heterocycles. The Kier molecular flexibility index (Phi) is 4.94. The Labute approximate surface area is 139 Å². The first-order chi connectivity index (χ1) is 11.5. The van der Waals surface area contributed by atoms with E-state index in [2.05, 4.69) is 9.55 Å². The molecule has 2 aromatic rings. The first-order valence-electron chi connectivity index (χ1n) is 8.26. The lowest BCUT2D eigenvalue weighted by molar-refractivity contribution is -0.127. The highest BCUT2D eigenvalue weighted by molar-refractivity contribution is 5.56. The minimum atomic E-state index is -4.19. The minimum absolute atomic E-state index is 0.201. The van der Waals surface area contributed by atoms with Gasteiger partial charge in [-0.25, -0.2) is 4.98 Å². The molecule has 0 bridgehead atoms. The van der Waals surface area contributed by atoms with Crippen LogP contribution < -0.4 is 0 Å². The third kappa shape index (κ3) is 3.98. The summed E-state index contributed by atoms with van der Waals surface area (Å²) in [6.07, 6.45) is 2.59. The van der Waals surface area contributed by atoms with Crippen molar-refractivity contribution in [2.24, 2.45) is 5.92 Å². The fourth-order valence-corrected chi connectivity index (χ4v) is 3.52. The smallest absolute Gasteiger partial charge is 0.393 e. The van der Waals surface area contributed by atoms with Gasteiger partial charge < -0.3 is 9.67 Å². The molecule has 1 fully saturated rings. The predicted octanol–water partition coefficient (Wildman–Crippen LogP) is 4.38. The second-order valence-corrected chi connectivity index (χ2v) is 6.52. The molecule has 1 aromatic carbocycles. The molecule has 3 nitrogen and oxygen atoms in total. The van der Waals surface area contributed by atoms with E-state index in [1.165, 1.54) is 12.1 Å². The zero-order chi connectivity index (χ0) is 17.2. The fourth-order valence-electron chi connectivity index (χ4n) is 3.52. The first-order valence-corrected chi connectivity index (χ1v) is 8.26. The lowest BCUT2D eigenvalue weighted by Gasteiger charge is -2.30. The van der Waals surface area contributed by atoms with Crippen LogP contribution in [0.2, 0.25) is 0 Å². The molecule has 6 heteroatoms. The molecular weight excluding hydrogens is 317 g/mol. The molecule has 1 aliphatic carbocycles. The average molecular weight is 338 g/mol. The summed E-state index contributed by atoms with van der Waals surface area (Å²) in [4.78, 5) is 4.39. The van der Waals surface area contributed by atoms with Gasteiger partial charge >= 0.3 is 6.18 Å². The zero-order valence-corrected chi connectivity index (χ0v) is 13.3. The van der Waals surface area contributed by atoms with Gasteiger partial charge in [-0.15, -0.1) is 0 Å². The fraction of sp³-hybridized carbons (Fsp3) is 0.500. The van der Waals surface area contributed by atoms with Gasteiger partial charge in [0.2, 0.25) is 0 Å². The lowest BCUT2D eigenvalue weighted by Crippen LogP contribution is -2.21. The van der Waals surface area contributed by atoms with E-state index in [1.807, 2.05) is 6.20 Å². The summed E-state index contributed by atoms with van der Waals surface area (Å²) in [7, 11) is 0. The van der Waals surface area contributed by atoms with E-state index >= 15 is 0 Å². The molecule has 1 aromatic heterocycles. The third-order valence-corrected chi connectivity index (χ3v) is 4.69. The molecule has 0 amide bonds. The van der Waals surface area contributed by atoms with Crippen LogP contribution in [-0.4, -0.2) is 27.4 Å². The van der Waals surface area contributed by atoms with Crippen molar-refractivity contribution in [3.63, 3.8) is 0 Å². The minimum Gasteiger partial charge on any atom is -0.396 e. The molecule has 1 N–H and O–H groups in total. The van der Waals surface area contributed by atoms with E-state index in [4.69, 9.17) is 0 Å². The number of aliphatic hydroxyl groups excluding tert-OH is 1. The molecule has 0 radical (unpaired) electrons. The molecule has 0 unspecified atom stereocenters. The summed E-state index contributed by atoms with van der Waals surface area (Å²) in [5.41, 5.74) is 1.07. The monoisotopic (exact) mass is 338 g/mol. The first kappa shape index (κ1) is 17.0. The van der Waals surface area contributed by atoms with Crippen LogP contribution in [0, 0.1) is 5.92 Å². The summed E-state index contributed by atoms with van der Waals surface area (Å²) in [5.74, 6) is 1.09. The maximum Gasteiger partial charge on any atom is 0.393 e. The Morgan fingerprint density at radius 3 is 2.58 bits per heavy atom. The van der Waals surface area contributed by atoms with E-state index in [1.54, 1.807) is 18.3 Å². The molecule has 1 aliphatic rings. The molecule has 1 heterocycles. The van der Waals surface area contributed by atoms with Gasteiger partial charge in [0.05, 0.1) is 6.42 Å². The topological polar surface area (TPSA) is 38.0 Å². The molecule has 3 rings (SSSR count). The van der Waals surface area contributed by atoms with E-state index in [9.17, 15) is 18.3 Å². The highest BCUT2D eigenvalue weighted by atomic mass is 19.4. The summed E-state index contributed by atoms with van der Waals surface area (Å²) < 4.78 is 39.5. The summed E-state index contributed by atoms with van der Waals surface area (Å²) >= 11 is 0. The number of hydrogen-bond donors (Lipinski definition) is 1. The van der Waals surface area contributed by atoms with Crippen LogP contribution >= 0.6 is 0 Å². The van der Waals surface area contributed by atoms with E-state index in [0.29, 0.717) is 5.92 Å². The van der Waals surface area contributed by atoms with Crippen molar-refractivity contribution in [2.45, 2.75) is 44.3 Å². The molecule has 2 atom stereocenters. The van der Waals surface area contributed by atoms with Crippen molar-refractivity contribution in [3.05, 3.63) is 42.2 Å². The summed E-state index contributed by atoms with van der Waals surface area (Å²) in [5, 5.41) is 9.40. The van der Waals surface area contributed by atoms with Gasteiger partial charge in [-0.2, -0.15) is 13.2 Å². The van der Waals surface area contributed by atoms with Crippen LogP contribution in [0.25, 0.3) is 11.4 Å². The molecule has 24 heavy (non-hydrogen) atoms. The van der Waals surface area contributed by atoms with Gasteiger partial charge in [-0.1, -0.05) is 30.7 Å². The van der Waals surface area contributed by atoms with Crippen LogP contribution in [0.5, 0.6) is 0 Å². The van der Waals surface area contributed by atoms with Gasteiger partial charge in [0.25, 0.3) is 0 Å². The second-order valence-electron chi connectivity index (χ2n) is 6.52. The van der Waals surface area contributed by atoms with Gasteiger partial charge in [0.15, 0.2) is 0 Å². The van der Waals surface area contributed by atoms with Crippen LogP contribution in [0.15, 0.2) is 36.7 Å². The zero-order valence-electron chi connectivity index (χ0n) is 13.3. The number of imidazole rings is 1. The third-order valence-electron chi connectivity index (χ3n) is 4.69. The van der Waals surface area contributed by atoms with Crippen molar-refractivity contribution in [3.8, 4) is 11.4 Å². The quantitative estimate of drug-likeness (QED) is 0.898. The molecule has 0 spiro atoms. The van der Waals surface area contributed by atoms with Crippen molar-refractivity contribution >= 4 is 0 Å². The van der Waals surface area contributed by atoms with Crippen molar-refractivity contribution in [1.29, 1.82) is 0 Å². The average Bonchev–Trinajstić information content (AvgIpc) is 3.04. The molecular formula is C18H21F3N2O. The number of alkyl halides is 3. The van der Waals surface area contributed by atoms with Crippen LogP contribution in [-0.2, 0) is 6.42 Å². The van der Waals surface area contributed by atoms with Gasteiger partial charge in [0, 0.05) is 30.6 Å². The molecule has 130 valence electrons. The Morgan fingerprint density at radius 2 is 1.92 bits per heavy atom. The van der Waals surface area contributed by atoms with E-state index in [0.717, 1.165) is 37.1 Å². The van der Waals surface area contributed by atoms with Gasteiger partial charge in [-0.3, -0.25) is 0 Å². The Hall–Kier alpha value is -1.82. The number of benzene rings is 1. The van der Waals surface area contributed by atoms with Crippen LogP contribution in [0.1, 0.15) is 37.3 Å². The van der Waals surface area contributed by atoms with E-state index < -0.39 is 12.6 Å². The number of aliphatic hydroxyl groups is 1. The Morgan fingerprint density at radius 1 is 1.17 bits per heavy atom. The predicted molar refractivity (Wildman–Crippen MR) is 85.5 cm³/mol. The highest BCUT2D eigenvalue weighted by Crippen LogP contribution is 2.35. The van der Waals surface area contributed by atoms with Crippen molar-refractivity contribution in [1.82, 2.24) is 9.55 Å². The van der Waals surface area contributed by atoms with Crippen LogP contribution in [0.3, 0.4) is 0 Å². The maximum atomic E-state index is 12.5. The maximum absolute atomic E-state index is 12.5. The number of halogens is 3. The van der Waals surface area contributed by atoms with Gasteiger partial charge in [0.1, 0.15) is 5.82 Å². The summed E-state index contributed by atoms with van der Waals surface area (Å²) in [6, 6.07) is 6.71. The lowest BCUT2D eigenvalue weighted by atomic mass is 9.86. The molecule has 0 saturated heterocycles. The standard InChI is InChI=1S/C18H21F3N2O/c19-18(20,21)11-13-4-6-15(7-5-13)17-22-8-9-23(17)16-3-1-2-14(10-16)12-24/h4-9,14,16,24H,1-3,10-12H2/t14-,16+/m0/s1. The van der Waals surface area contributed by atoms with Crippen molar-refractivity contribution < 1.29 is 18.3 Å². The number of nitrogens with zero attached hydrogens (tertiary/aromatic N) is 2. The Bertz CT molecular complexity index is 664. The van der Waals surface area contributed by atoms with Crippen molar-refractivity contribution in [2.75, 3.05) is 6.61 Å². The number of rotatable bonds is 4. The second kappa shape index (κ2) is 6.97. The van der Waals surface area contributed by atoms with Crippen LogP contribution in [0.4, 0.5) is 13.2 Å². The van der Waals surface area contributed by atoms with Gasteiger partial charge in [-0.05, 0) is 30.7 Å². The number of aromatic nitrogens is 2. The largest absolute Gasteiger partial charge is 0.396 e.